The molecule has 0 saturated heterocycles. The third-order valence-electron chi connectivity index (χ3n) is 2.73. The molecule has 0 amide bonds. The van der Waals surface area contributed by atoms with Crippen molar-refractivity contribution in [2.24, 2.45) is 10.9 Å². The lowest BCUT2D eigenvalue weighted by Gasteiger charge is -2.24. The highest BCUT2D eigenvalue weighted by atomic mass is 16.5. The molecule has 0 aliphatic heterocycles. The van der Waals surface area contributed by atoms with Gasteiger partial charge in [0.2, 0.25) is 0 Å². The largest absolute Gasteiger partial charge is 0.501 e. The smallest absolute Gasteiger partial charge is 0.0876 e. The molecule has 1 fully saturated rings. The van der Waals surface area contributed by atoms with Crippen molar-refractivity contribution in [1.29, 1.82) is 0 Å². The quantitative estimate of drug-likeness (QED) is 0.283. The predicted octanol–water partition coefficient (Wildman–Crippen LogP) is 3.35. The molecule has 0 spiro atoms. The van der Waals surface area contributed by atoms with Gasteiger partial charge in [0, 0.05) is 13.3 Å². The van der Waals surface area contributed by atoms with Crippen molar-refractivity contribution in [3.63, 3.8) is 0 Å². The summed E-state index contributed by atoms with van der Waals surface area (Å²) in [6.07, 6.45) is 12.9. The molecule has 0 radical (unpaired) electrons. The number of allylic oxidation sites excluding steroid dienone is 3. The van der Waals surface area contributed by atoms with E-state index in [0.29, 0.717) is 0 Å². The first-order chi connectivity index (χ1) is 7.33. The molecule has 0 N–H and O–H groups in total. The fourth-order valence-corrected chi connectivity index (χ4v) is 1.53. The zero-order chi connectivity index (χ0) is 10.9. The molecule has 0 aromatic rings. The second kappa shape index (κ2) is 7.27. The Labute approximate surface area is 92.7 Å². The highest BCUT2D eigenvalue weighted by Gasteiger charge is 2.16. The van der Waals surface area contributed by atoms with Crippen molar-refractivity contribution < 1.29 is 4.74 Å². The summed E-state index contributed by atoms with van der Waals surface area (Å²) in [4.78, 5) is 3.87. The van der Waals surface area contributed by atoms with Crippen LogP contribution in [0.3, 0.4) is 0 Å². The fraction of sp³-hybridized carbons (Fsp3) is 0.615. The molecular formula is C13H21NO. The van der Waals surface area contributed by atoms with Gasteiger partial charge in [-0.1, -0.05) is 25.3 Å². The van der Waals surface area contributed by atoms with Crippen LogP contribution in [0.15, 0.2) is 29.0 Å². The molecule has 84 valence electrons. The lowest BCUT2D eigenvalue weighted by molar-refractivity contribution is 0.185. The van der Waals surface area contributed by atoms with Crippen molar-refractivity contribution in [1.82, 2.24) is 0 Å². The van der Waals surface area contributed by atoms with E-state index in [4.69, 9.17) is 4.74 Å². The van der Waals surface area contributed by atoms with Gasteiger partial charge >= 0.3 is 0 Å². The van der Waals surface area contributed by atoms with Gasteiger partial charge in [0.25, 0.3) is 0 Å². The van der Waals surface area contributed by atoms with E-state index in [2.05, 4.69) is 4.99 Å². The Kier molecular flexibility index (Phi) is 5.83. The molecule has 1 saturated carbocycles. The summed E-state index contributed by atoms with van der Waals surface area (Å²) in [7, 11) is 1.76. The van der Waals surface area contributed by atoms with Crippen molar-refractivity contribution in [3.8, 4) is 0 Å². The normalized spacial score (nSPS) is 18.7. The number of nitrogens with zero attached hydrogens (tertiary/aromatic N) is 1. The zero-order valence-electron chi connectivity index (χ0n) is 9.78. The third-order valence-corrected chi connectivity index (χ3v) is 2.73. The zero-order valence-corrected chi connectivity index (χ0v) is 9.78. The van der Waals surface area contributed by atoms with Crippen LogP contribution in [-0.4, -0.2) is 19.9 Å². The van der Waals surface area contributed by atoms with Crippen LogP contribution in [0.4, 0.5) is 0 Å². The molecule has 0 atom stereocenters. The van der Waals surface area contributed by atoms with E-state index < -0.39 is 0 Å². The summed E-state index contributed by atoms with van der Waals surface area (Å²) in [5.41, 5.74) is 1.13. The first-order valence-electron chi connectivity index (χ1n) is 5.70. The van der Waals surface area contributed by atoms with E-state index in [9.17, 15) is 0 Å². The molecule has 0 unspecified atom stereocenters. The minimum atomic E-state index is 0.859. The van der Waals surface area contributed by atoms with Crippen molar-refractivity contribution in [3.05, 3.63) is 24.0 Å². The second-order valence-electron chi connectivity index (χ2n) is 4.08. The van der Waals surface area contributed by atoms with Crippen LogP contribution >= 0.6 is 0 Å². The summed E-state index contributed by atoms with van der Waals surface area (Å²) in [5, 5.41) is 0. The maximum atomic E-state index is 5.47. The lowest BCUT2D eigenvalue weighted by Crippen LogP contribution is -2.12. The molecule has 1 aliphatic rings. The Hall–Kier alpha value is -1.05. The predicted molar refractivity (Wildman–Crippen MR) is 65.2 cm³/mol. The minimum absolute atomic E-state index is 0.859. The standard InChI is InChI=1S/C13H21NO/c1-12(5-4-9-14-2)11-15-10-8-13-6-3-7-13/h4-5,9,11,13H,3,6-8,10H2,1-2H3/b5-4-,12-11+,14-9?. The maximum Gasteiger partial charge on any atom is 0.0876 e. The number of ether oxygens (including phenoxy) is 1. The molecule has 0 aromatic heterocycles. The summed E-state index contributed by atoms with van der Waals surface area (Å²) in [6, 6.07) is 0. The number of rotatable bonds is 6. The van der Waals surface area contributed by atoms with Crippen LogP contribution in [0.25, 0.3) is 0 Å². The second-order valence-corrected chi connectivity index (χ2v) is 4.08. The van der Waals surface area contributed by atoms with Crippen LogP contribution in [0.5, 0.6) is 0 Å². The molecule has 0 heterocycles. The van der Waals surface area contributed by atoms with E-state index in [0.717, 1.165) is 18.1 Å². The molecule has 0 bridgehead atoms. The summed E-state index contributed by atoms with van der Waals surface area (Å²) < 4.78 is 5.47. The van der Waals surface area contributed by atoms with Crippen molar-refractivity contribution in [2.45, 2.75) is 32.6 Å². The average Bonchev–Trinajstić information content (AvgIpc) is 2.15. The maximum absolute atomic E-state index is 5.47. The van der Waals surface area contributed by atoms with Crippen LogP contribution < -0.4 is 0 Å². The molecule has 0 aromatic carbocycles. The van der Waals surface area contributed by atoms with E-state index in [-0.39, 0.29) is 0 Å². The van der Waals surface area contributed by atoms with Crippen LogP contribution in [-0.2, 0) is 4.74 Å². The minimum Gasteiger partial charge on any atom is -0.501 e. The third kappa shape index (κ3) is 5.40. The van der Waals surface area contributed by atoms with Gasteiger partial charge in [-0.3, -0.25) is 4.99 Å². The Bertz CT molecular complexity index is 249. The van der Waals surface area contributed by atoms with E-state index in [1.807, 2.05) is 25.3 Å². The van der Waals surface area contributed by atoms with Crippen molar-refractivity contribution in [2.75, 3.05) is 13.7 Å². The van der Waals surface area contributed by atoms with E-state index in [1.165, 1.54) is 25.7 Å². The first kappa shape index (κ1) is 12.0. The highest BCUT2D eigenvalue weighted by Crippen LogP contribution is 2.29. The molecule has 2 nitrogen and oxygen atoms in total. The van der Waals surface area contributed by atoms with Gasteiger partial charge in [-0.15, -0.1) is 0 Å². The summed E-state index contributed by atoms with van der Waals surface area (Å²) in [6.45, 7) is 2.89. The average molecular weight is 207 g/mol. The van der Waals surface area contributed by atoms with E-state index in [1.54, 1.807) is 13.3 Å². The van der Waals surface area contributed by atoms with Crippen LogP contribution in [0, 0.1) is 5.92 Å². The van der Waals surface area contributed by atoms with Gasteiger partial charge in [0.15, 0.2) is 0 Å². The number of hydrogen-bond acceptors (Lipinski definition) is 2. The topological polar surface area (TPSA) is 21.6 Å². The van der Waals surface area contributed by atoms with Gasteiger partial charge in [-0.05, 0) is 30.9 Å². The Morgan fingerprint density at radius 2 is 2.27 bits per heavy atom. The molecule has 2 heteroatoms. The fourth-order valence-electron chi connectivity index (χ4n) is 1.53. The monoisotopic (exact) mass is 207 g/mol. The van der Waals surface area contributed by atoms with E-state index >= 15 is 0 Å². The van der Waals surface area contributed by atoms with Gasteiger partial charge in [-0.25, -0.2) is 0 Å². The van der Waals surface area contributed by atoms with Crippen molar-refractivity contribution >= 4 is 6.21 Å². The molecule has 1 rings (SSSR count). The van der Waals surface area contributed by atoms with Crippen LogP contribution in [0.2, 0.25) is 0 Å². The summed E-state index contributed by atoms with van der Waals surface area (Å²) >= 11 is 0. The SMILES string of the molecule is CN=C/C=C\C(C)=C\OCCC1CCC1. The highest BCUT2D eigenvalue weighted by molar-refractivity contribution is 5.71. The van der Waals surface area contributed by atoms with Gasteiger partial charge < -0.3 is 4.74 Å². The lowest BCUT2D eigenvalue weighted by atomic mass is 9.83. The Balaban J connectivity index is 2.07. The Morgan fingerprint density at radius 3 is 2.87 bits per heavy atom. The number of hydrogen-bond donors (Lipinski definition) is 0. The Morgan fingerprint density at radius 1 is 1.47 bits per heavy atom. The number of aliphatic imine (C=N–C) groups is 1. The molecule has 1 aliphatic carbocycles. The van der Waals surface area contributed by atoms with Gasteiger partial charge in [0.1, 0.15) is 0 Å². The van der Waals surface area contributed by atoms with Crippen LogP contribution in [0.1, 0.15) is 32.6 Å². The molecular weight excluding hydrogens is 186 g/mol. The first-order valence-corrected chi connectivity index (χ1v) is 5.70. The van der Waals surface area contributed by atoms with Gasteiger partial charge in [0.05, 0.1) is 12.9 Å². The summed E-state index contributed by atoms with van der Waals surface area (Å²) in [5.74, 6) is 0.932. The molecule has 15 heavy (non-hydrogen) atoms. The van der Waals surface area contributed by atoms with Gasteiger partial charge in [-0.2, -0.15) is 0 Å².